The minimum Gasteiger partial charge on any atom is -0.0856 e. The van der Waals surface area contributed by atoms with Crippen molar-refractivity contribution in [2.75, 3.05) is 0 Å². The van der Waals surface area contributed by atoms with Crippen molar-refractivity contribution in [3.8, 4) is 0 Å². The van der Waals surface area contributed by atoms with Gasteiger partial charge in [-0.05, 0) is 46.5 Å². The van der Waals surface area contributed by atoms with E-state index in [2.05, 4.69) is 57.2 Å². The molecule has 2 aliphatic rings. The molecule has 0 saturated heterocycles. The smallest absolute Gasteiger partial charge is 0.0135 e. The van der Waals surface area contributed by atoms with Gasteiger partial charge in [-0.25, -0.2) is 0 Å². The van der Waals surface area contributed by atoms with E-state index in [1.54, 1.807) is 5.57 Å². The molecule has 0 heteroatoms. The maximum atomic E-state index is 2.32. The predicted molar refractivity (Wildman–Crippen MR) is 86.3 cm³/mol. The Morgan fingerprint density at radius 1 is 0.895 bits per heavy atom. The number of aryl methyl sites for hydroxylation is 1. The van der Waals surface area contributed by atoms with Crippen molar-refractivity contribution in [1.82, 2.24) is 0 Å². The van der Waals surface area contributed by atoms with E-state index in [1.165, 1.54) is 36.8 Å². The minimum absolute atomic E-state index is 1.17. The molecule has 1 aromatic rings. The summed E-state index contributed by atoms with van der Waals surface area (Å²) in [7, 11) is 0. The molecular weight excluding hydrogens is 228 g/mol. The van der Waals surface area contributed by atoms with Gasteiger partial charge in [-0.2, -0.15) is 0 Å². The quantitative estimate of drug-likeness (QED) is 0.498. The fourth-order valence-corrected chi connectivity index (χ4v) is 1.92. The zero-order valence-electron chi connectivity index (χ0n) is 12.5. The first-order valence-electron chi connectivity index (χ1n) is 7.18. The average Bonchev–Trinajstić information content (AvgIpc) is 3.05. The van der Waals surface area contributed by atoms with E-state index in [0.29, 0.717) is 0 Å². The van der Waals surface area contributed by atoms with Gasteiger partial charge in [0.15, 0.2) is 0 Å². The largest absolute Gasteiger partial charge is 0.0856 e. The molecule has 0 atom stereocenters. The third kappa shape index (κ3) is 8.20. The molecule has 0 aromatic heterocycles. The second-order valence-corrected chi connectivity index (χ2v) is 5.24. The van der Waals surface area contributed by atoms with E-state index in [4.69, 9.17) is 0 Å². The van der Waals surface area contributed by atoms with Crippen molar-refractivity contribution >= 4 is 0 Å². The molecule has 0 N–H and O–H groups in total. The molecule has 0 unspecified atom stereocenters. The summed E-state index contributed by atoms with van der Waals surface area (Å²) in [5.74, 6) is 0. The second-order valence-electron chi connectivity index (χ2n) is 5.24. The van der Waals surface area contributed by atoms with Crippen molar-refractivity contribution in [2.45, 2.75) is 46.5 Å². The van der Waals surface area contributed by atoms with Crippen LogP contribution in [0.3, 0.4) is 0 Å². The Bertz CT molecular complexity index is 432. The molecule has 102 valence electrons. The lowest BCUT2D eigenvalue weighted by molar-refractivity contribution is 0.907. The normalized spacial score (nSPS) is 15.7. The molecule has 0 saturated carbocycles. The predicted octanol–water partition coefficient (Wildman–Crippen LogP) is 6.00. The number of benzene rings is 1. The van der Waals surface area contributed by atoms with Gasteiger partial charge < -0.3 is 0 Å². The molecule has 19 heavy (non-hydrogen) atoms. The van der Waals surface area contributed by atoms with E-state index in [-0.39, 0.29) is 0 Å². The molecule has 2 aliphatic carbocycles. The highest BCUT2D eigenvalue weighted by Crippen LogP contribution is 2.15. The molecule has 0 fully saturated rings. The van der Waals surface area contributed by atoms with E-state index in [9.17, 15) is 0 Å². The first kappa shape index (κ1) is 15.5. The zero-order valence-corrected chi connectivity index (χ0v) is 12.5. The van der Waals surface area contributed by atoms with Gasteiger partial charge in [0.25, 0.3) is 0 Å². The molecule has 0 aliphatic heterocycles. The van der Waals surface area contributed by atoms with Crippen LogP contribution in [0.4, 0.5) is 0 Å². The Morgan fingerprint density at radius 3 is 1.84 bits per heavy atom. The number of allylic oxidation sites excluding steroid dienone is 6. The maximum Gasteiger partial charge on any atom is -0.0135 e. The Morgan fingerprint density at radius 2 is 1.63 bits per heavy atom. The highest BCUT2D eigenvalue weighted by Gasteiger charge is 1.95. The molecule has 0 spiro atoms. The first-order valence-corrected chi connectivity index (χ1v) is 7.18. The summed E-state index contributed by atoms with van der Waals surface area (Å²) in [6.45, 7) is 6.42. The van der Waals surface area contributed by atoms with Gasteiger partial charge in [0.1, 0.15) is 0 Å². The average molecular weight is 254 g/mol. The van der Waals surface area contributed by atoms with E-state index in [1.807, 2.05) is 18.2 Å². The van der Waals surface area contributed by atoms with Crippen LogP contribution in [0.2, 0.25) is 0 Å². The Kier molecular flexibility index (Phi) is 7.65. The SMILES string of the molecule is CC1=CC=CC1.CC1=CCCC1.Cc1ccccc1. The Labute approximate surface area is 118 Å². The van der Waals surface area contributed by atoms with Crippen molar-refractivity contribution in [3.05, 3.63) is 71.3 Å². The van der Waals surface area contributed by atoms with Crippen LogP contribution in [0.15, 0.2) is 65.8 Å². The van der Waals surface area contributed by atoms with Gasteiger partial charge in [-0.3, -0.25) is 0 Å². The molecular formula is C19H26. The monoisotopic (exact) mass is 254 g/mol. The molecule has 0 radical (unpaired) electrons. The highest BCUT2D eigenvalue weighted by atomic mass is 14.0. The van der Waals surface area contributed by atoms with Crippen LogP contribution in [0.25, 0.3) is 0 Å². The van der Waals surface area contributed by atoms with E-state index < -0.39 is 0 Å². The third-order valence-corrected chi connectivity index (χ3v) is 3.17. The summed E-state index contributed by atoms with van der Waals surface area (Å²) < 4.78 is 0. The van der Waals surface area contributed by atoms with Crippen molar-refractivity contribution in [3.63, 3.8) is 0 Å². The maximum absolute atomic E-state index is 2.32. The van der Waals surface area contributed by atoms with Crippen molar-refractivity contribution in [2.24, 2.45) is 0 Å². The number of hydrogen-bond acceptors (Lipinski definition) is 0. The van der Waals surface area contributed by atoms with Crippen LogP contribution in [0, 0.1) is 6.92 Å². The number of rotatable bonds is 0. The Balaban J connectivity index is 0.000000143. The topological polar surface area (TPSA) is 0 Å². The summed E-state index contributed by atoms with van der Waals surface area (Å²) in [5.41, 5.74) is 4.37. The van der Waals surface area contributed by atoms with Crippen LogP contribution in [-0.2, 0) is 0 Å². The lowest BCUT2D eigenvalue weighted by atomic mass is 10.2. The van der Waals surface area contributed by atoms with Crippen molar-refractivity contribution < 1.29 is 0 Å². The summed E-state index contributed by atoms with van der Waals surface area (Å²) >= 11 is 0. The Hall–Kier alpha value is -1.56. The molecule has 3 rings (SSSR count). The first-order chi connectivity index (χ1) is 9.18. The fraction of sp³-hybridized carbons (Fsp3) is 0.368. The van der Waals surface area contributed by atoms with Gasteiger partial charge in [0.05, 0.1) is 0 Å². The molecule has 0 heterocycles. The summed E-state index contributed by atoms with van der Waals surface area (Å²) in [6.07, 6.45) is 13.9. The second kappa shape index (κ2) is 9.38. The van der Waals surface area contributed by atoms with Gasteiger partial charge in [-0.15, -0.1) is 0 Å². The van der Waals surface area contributed by atoms with Gasteiger partial charge in [-0.1, -0.05) is 71.3 Å². The summed E-state index contributed by atoms with van der Waals surface area (Å²) in [6, 6.07) is 10.3. The van der Waals surface area contributed by atoms with Gasteiger partial charge in [0.2, 0.25) is 0 Å². The van der Waals surface area contributed by atoms with Crippen LogP contribution in [-0.4, -0.2) is 0 Å². The minimum atomic E-state index is 1.17. The molecule has 0 bridgehead atoms. The van der Waals surface area contributed by atoms with Crippen LogP contribution in [0.1, 0.15) is 45.1 Å². The van der Waals surface area contributed by atoms with Crippen LogP contribution in [0.5, 0.6) is 0 Å². The van der Waals surface area contributed by atoms with Crippen molar-refractivity contribution in [1.29, 1.82) is 0 Å². The summed E-state index contributed by atoms with van der Waals surface area (Å²) in [5, 5.41) is 0. The van der Waals surface area contributed by atoms with Crippen LogP contribution >= 0.6 is 0 Å². The fourth-order valence-electron chi connectivity index (χ4n) is 1.92. The molecule has 0 nitrogen and oxygen atoms in total. The van der Waals surface area contributed by atoms with E-state index in [0.717, 1.165) is 0 Å². The lowest BCUT2D eigenvalue weighted by Crippen LogP contribution is -1.62. The highest BCUT2D eigenvalue weighted by molar-refractivity contribution is 5.20. The lowest BCUT2D eigenvalue weighted by Gasteiger charge is -1.82. The number of hydrogen-bond donors (Lipinski definition) is 0. The zero-order chi connectivity index (χ0) is 13.9. The van der Waals surface area contributed by atoms with Gasteiger partial charge >= 0.3 is 0 Å². The standard InChI is InChI=1S/C7H8.C6H10.C6H8/c1-7-5-3-2-4-6-7;2*1-6-4-2-3-5-6/h2-6H,1H3;4H,2-3,5H2,1H3;2-4H,5H2,1H3. The summed E-state index contributed by atoms with van der Waals surface area (Å²) in [4.78, 5) is 0. The molecule has 0 amide bonds. The molecule has 1 aromatic carbocycles. The third-order valence-electron chi connectivity index (χ3n) is 3.17. The van der Waals surface area contributed by atoms with E-state index >= 15 is 0 Å². The van der Waals surface area contributed by atoms with Gasteiger partial charge in [0, 0.05) is 0 Å². The van der Waals surface area contributed by atoms with Crippen LogP contribution < -0.4 is 0 Å².